The molecule has 1 saturated heterocycles. The predicted molar refractivity (Wildman–Crippen MR) is 99.7 cm³/mol. The van der Waals surface area contributed by atoms with Crippen LogP contribution in [0.25, 0.3) is 11.0 Å². The van der Waals surface area contributed by atoms with Crippen LogP contribution in [-0.2, 0) is 6.42 Å². The average molecular weight is 369 g/mol. The Hall–Kier alpha value is -2.76. The molecule has 2 heterocycles. The number of amides is 1. The molecule has 1 N–H and O–H groups in total. The molecule has 1 aliphatic heterocycles. The van der Waals surface area contributed by atoms with Gasteiger partial charge in [-0.2, -0.15) is 0 Å². The highest BCUT2D eigenvalue weighted by molar-refractivity contribution is 5.97. The number of imidazole rings is 1. The van der Waals surface area contributed by atoms with Gasteiger partial charge in [0.2, 0.25) is 0 Å². The van der Waals surface area contributed by atoms with E-state index in [1.165, 1.54) is 6.07 Å². The van der Waals surface area contributed by atoms with Gasteiger partial charge in [-0.1, -0.05) is 0 Å². The first kappa shape index (κ1) is 16.4. The van der Waals surface area contributed by atoms with Crippen molar-refractivity contribution in [2.45, 2.75) is 37.6 Å². The maximum Gasteiger partial charge on any atom is 0.254 e. The molecule has 5 rings (SSSR count). The van der Waals surface area contributed by atoms with Crippen LogP contribution < -0.4 is 0 Å². The van der Waals surface area contributed by atoms with E-state index in [2.05, 4.69) is 9.97 Å². The molecule has 1 aliphatic carbocycles. The zero-order chi connectivity index (χ0) is 18.5. The second-order valence-corrected chi connectivity index (χ2v) is 7.44. The minimum absolute atomic E-state index is 0. The maximum atomic E-state index is 14.2. The molecule has 1 amide bonds. The number of benzene rings is 2. The van der Waals surface area contributed by atoms with Crippen molar-refractivity contribution >= 4 is 16.9 Å². The Kier molecular flexibility index (Phi) is 3.74. The van der Waals surface area contributed by atoms with Crippen LogP contribution in [-0.4, -0.2) is 33.4 Å². The Balaban J connectivity index is 0.00000192. The average Bonchev–Trinajstić information content (AvgIpc) is 3.14. The minimum Gasteiger partial charge on any atom is -0.345 e. The largest absolute Gasteiger partial charge is 0.345 e. The van der Waals surface area contributed by atoms with Gasteiger partial charge in [0, 0.05) is 31.6 Å². The highest BCUT2D eigenvalue weighted by Gasteiger charge is 2.39. The van der Waals surface area contributed by atoms with E-state index >= 15 is 0 Å². The summed E-state index contributed by atoms with van der Waals surface area (Å²) in [7, 11) is 0. The first-order chi connectivity index (χ1) is 13.1. The Morgan fingerprint density at radius 2 is 2.11 bits per heavy atom. The zero-order valence-corrected chi connectivity index (χ0v) is 14.7. The molecule has 140 valence electrons. The second kappa shape index (κ2) is 6.15. The number of carbonyl (C=O) groups is 1. The molecule has 2 aliphatic rings. The lowest BCUT2D eigenvalue weighted by molar-refractivity contribution is 0.0545. The van der Waals surface area contributed by atoms with Crippen molar-refractivity contribution < 1.29 is 15.0 Å². The predicted octanol–water partition coefficient (Wildman–Crippen LogP) is 4.42. The molecule has 0 spiro atoms. The van der Waals surface area contributed by atoms with Gasteiger partial charge >= 0.3 is 0 Å². The Labute approximate surface area is 156 Å². The SMILES string of the molecule is O=C(c1ccc2nc[nH]c2c1)N1CCCC2c3cc(F)cc(F)c3CCC21.[HH]. The number of fused-ring (bicyclic) bond motifs is 4. The van der Waals surface area contributed by atoms with Crippen LogP contribution in [0.2, 0.25) is 0 Å². The number of hydrogen-bond donors (Lipinski definition) is 1. The molecule has 3 aromatic rings. The summed E-state index contributed by atoms with van der Waals surface area (Å²) in [6.07, 6.45) is 4.53. The Bertz CT molecular complexity index is 1050. The summed E-state index contributed by atoms with van der Waals surface area (Å²) < 4.78 is 28.0. The fraction of sp³-hybridized carbons (Fsp3) is 0.333. The van der Waals surface area contributed by atoms with Crippen LogP contribution in [0.5, 0.6) is 0 Å². The molecular weight excluding hydrogens is 348 g/mol. The highest BCUT2D eigenvalue weighted by Crippen LogP contribution is 2.42. The molecule has 27 heavy (non-hydrogen) atoms. The Morgan fingerprint density at radius 1 is 1.22 bits per heavy atom. The van der Waals surface area contributed by atoms with Crippen LogP contribution in [0.1, 0.15) is 48.1 Å². The summed E-state index contributed by atoms with van der Waals surface area (Å²) in [4.78, 5) is 22.3. The van der Waals surface area contributed by atoms with Gasteiger partial charge in [-0.25, -0.2) is 13.8 Å². The minimum atomic E-state index is -0.542. The van der Waals surface area contributed by atoms with Gasteiger partial charge in [-0.15, -0.1) is 0 Å². The number of nitrogens with zero attached hydrogens (tertiary/aromatic N) is 2. The number of aromatic amines is 1. The quantitative estimate of drug-likeness (QED) is 0.690. The van der Waals surface area contributed by atoms with Crippen molar-refractivity contribution in [3.63, 3.8) is 0 Å². The monoisotopic (exact) mass is 369 g/mol. The van der Waals surface area contributed by atoms with Gasteiger partial charge in [-0.05, 0) is 61.1 Å². The number of piperidine rings is 1. The van der Waals surface area contributed by atoms with Crippen LogP contribution in [0.15, 0.2) is 36.7 Å². The van der Waals surface area contributed by atoms with E-state index in [0.717, 1.165) is 35.5 Å². The van der Waals surface area contributed by atoms with Gasteiger partial charge in [0.15, 0.2) is 0 Å². The van der Waals surface area contributed by atoms with Crippen LogP contribution in [0.4, 0.5) is 8.78 Å². The van der Waals surface area contributed by atoms with Crippen molar-refractivity contribution in [3.05, 3.63) is 65.0 Å². The molecule has 2 unspecified atom stereocenters. The third-order valence-corrected chi connectivity index (χ3v) is 5.99. The number of nitrogens with one attached hydrogen (secondary N) is 1. The van der Waals surface area contributed by atoms with Crippen molar-refractivity contribution in [1.29, 1.82) is 0 Å². The van der Waals surface area contributed by atoms with Gasteiger partial charge in [-0.3, -0.25) is 4.79 Å². The Morgan fingerprint density at radius 3 is 3.00 bits per heavy atom. The molecule has 1 fully saturated rings. The number of hydrogen-bond acceptors (Lipinski definition) is 2. The lowest BCUT2D eigenvalue weighted by atomic mass is 9.74. The summed E-state index contributed by atoms with van der Waals surface area (Å²) in [6, 6.07) is 7.86. The van der Waals surface area contributed by atoms with Crippen molar-refractivity contribution in [3.8, 4) is 0 Å². The molecule has 0 bridgehead atoms. The summed E-state index contributed by atoms with van der Waals surface area (Å²) in [5.41, 5.74) is 3.62. The van der Waals surface area contributed by atoms with Gasteiger partial charge in [0.05, 0.1) is 17.4 Å². The van der Waals surface area contributed by atoms with Crippen LogP contribution in [0, 0.1) is 11.6 Å². The highest BCUT2D eigenvalue weighted by atomic mass is 19.1. The van der Waals surface area contributed by atoms with Crippen molar-refractivity contribution in [2.75, 3.05) is 6.54 Å². The fourth-order valence-electron chi connectivity index (χ4n) is 4.77. The molecule has 6 heteroatoms. The first-order valence-electron chi connectivity index (χ1n) is 9.34. The van der Waals surface area contributed by atoms with E-state index in [1.54, 1.807) is 12.4 Å². The molecule has 2 atom stereocenters. The zero-order valence-electron chi connectivity index (χ0n) is 14.7. The van der Waals surface area contributed by atoms with E-state index in [-0.39, 0.29) is 19.3 Å². The molecule has 0 saturated carbocycles. The summed E-state index contributed by atoms with van der Waals surface area (Å²) >= 11 is 0. The van der Waals surface area contributed by atoms with Gasteiger partial charge < -0.3 is 9.88 Å². The van der Waals surface area contributed by atoms with E-state index in [0.29, 0.717) is 30.5 Å². The maximum absolute atomic E-state index is 14.2. The van der Waals surface area contributed by atoms with Crippen LogP contribution in [0.3, 0.4) is 0 Å². The summed E-state index contributed by atoms with van der Waals surface area (Å²) in [6.45, 7) is 0.675. The molecular formula is C21H21F2N3O. The standard InChI is InChI=1S/C21H19F2N3O.H2/c22-13-9-16-14(17(23)10-13)4-6-20-15(16)2-1-7-26(20)21(27)12-3-5-18-19(8-12)25-11-24-18;/h3,5,8-11,15,20H,1-2,4,6-7H2,(H,24,25);1H. The lowest BCUT2D eigenvalue weighted by Crippen LogP contribution is -2.49. The summed E-state index contributed by atoms with van der Waals surface area (Å²) in [5, 5.41) is 0. The molecule has 0 radical (unpaired) electrons. The van der Waals surface area contributed by atoms with E-state index in [1.807, 2.05) is 17.0 Å². The summed E-state index contributed by atoms with van der Waals surface area (Å²) in [5.74, 6) is -1.04. The molecule has 2 aromatic carbocycles. The third kappa shape index (κ3) is 2.62. The number of halogens is 2. The topological polar surface area (TPSA) is 49.0 Å². The van der Waals surface area contributed by atoms with E-state index in [9.17, 15) is 13.6 Å². The second-order valence-electron chi connectivity index (χ2n) is 7.44. The number of carbonyl (C=O) groups excluding carboxylic acids is 1. The van der Waals surface area contributed by atoms with Gasteiger partial charge in [0.1, 0.15) is 11.6 Å². The van der Waals surface area contributed by atoms with Gasteiger partial charge in [0.25, 0.3) is 5.91 Å². The number of likely N-dealkylation sites (tertiary alicyclic amines) is 1. The van der Waals surface area contributed by atoms with E-state index in [4.69, 9.17) is 0 Å². The normalized spacial score (nSPS) is 21.8. The number of aromatic nitrogens is 2. The van der Waals surface area contributed by atoms with Crippen molar-refractivity contribution in [1.82, 2.24) is 14.9 Å². The third-order valence-electron chi connectivity index (χ3n) is 5.99. The fourth-order valence-corrected chi connectivity index (χ4v) is 4.77. The van der Waals surface area contributed by atoms with E-state index < -0.39 is 11.6 Å². The van der Waals surface area contributed by atoms with Crippen LogP contribution >= 0.6 is 0 Å². The lowest BCUT2D eigenvalue weighted by Gasteiger charge is -2.45. The molecule has 1 aromatic heterocycles. The molecule has 4 nitrogen and oxygen atoms in total. The number of H-pyrrole nitrogens is 1. The first-order valence-corrected chi connectivity index (χ1v) is 9.34. The number of rotatable bonds is 1. The smallest absolute Gasteiger partial charge is 0.254 e. The van der Waals surface area contributed by atoms with Crippen molar-refractivity contribution in [2.24, 2.45) is 0 Å².